The molecule has 0 spiro atoms. The van der Waals surface area contributed by atoms with E-state index in [0.29, 0.717) is 24.6 Å². The SMILES string of the molecule is CCN(Cc1ccc(OC)c(OC)c1)Cc1ccc(OC)c([N+](=O)[O-])c1. The quantitative estimate of drug-likeness (QED) is 0.502. The van der Waals surface area contributed by atoms with Gasteiger partial charge in [-0.1, -0.05) is 19.1 Å². The van der Waals surface area contributed by atoms with E-state index in [1.54, 1.807) is 26.4 Å². The molecule has 2 aromatic carbocycles. The number of methoxy groups -OCH3 is 3. The third-order valence-electron chi connectivity index (χ3n) is 4.15. The Hall–Kier alpha value is -2.80. The number of rotatable bonds is 9. The van der Waals surface area contributed by atoms with Gasteiger partial charge in [-0.15, -0.1) is 0 Å². The zero-order valence-electron chi connectivity index (χ0n) is 15.5. The van der Waals surface area contributed by atoms with Crippen LogP contribution < -0.4 is 14.2 Å². The van der Waals surface area contributed by atoms with Gasteiger partial charge in [0.15, 0.2) is 17.2 Å². The van der Waals surface area contributed by atoms with E-state index in [1.807, 2.05) is 24.3 Å². The van der Waals surface area contributed by atoms with Crippen molar-refractivity contribution in [3.63, 3.8) is 0 Å². The minimum Gasteiger partial charge on any atom is -0.493 e. The topological polar surface area (TPSA) is 74.1 Å². The molecule has 0 unspecified atom stereocenters. The molecule has 0 fully saturated rings. The van der Waals surface area contributed by atoms with Gasteiger partial charge in [0.1, 0.15) is 0 Å². The van der Waals surface area contributed by atoms with Gasteiger partial charge in [-0.3, -0.25) is 15.0 Å². The van der Waals surface area contributed by atoms with Crippen molar-refractivity contribution in [3.8, 4) is 17.2 Å². The molecule has 0 saturated heterocycles. The van der Waals surface area contributed by atoms with E-state index in [0.717, 1.165) is 17.7 Å². The van der Waals surface area contributed by atoms with E-state index in [2.05, 4.69) is 11.8 Å². The van der Waals surface area contributed by atoms with Crippen molar-refractivity contribution >= 4 is 5.69 Å². The van der Waals surface area contributed by atoms with E-state index >= 15 is 0 Å². The molecule has 0 N–H and O–H groups in total. The van der Waals surface area contributed by atoms with Crippen LogP contribution in [-0.4, -0.2) is 37.7 Å². The van der Waals surface area contributed by atoms with E-state index in [-0.39, 0.29) is 11.4 Å². The van der Waals surface area contributed by atoms with Gasteiger partial charge in [0.2, 0.25) is 0 Å². The number of nitro benzene ring substituents is 1. The van der Waals surface area contributed by atoms with Crippen molar-refractivity contribution in [1.82, 2.24) is 4.90 Å². The summed E-state index contributed by atoms with van der Waals surface area (Å²) in [7, 11) is 4.64. The van der Waals surface area contributed by atoms with Crippen molar-refractivity contribution in [1.29, 1.82) is 0 Å². The standard InChI is InChI=1S/C19H24N2O5/c1-5-20(13-15-7-9-18(25-3)19(11-15)26-4)12-14-6-8-17(24-2)16(10-14)21(22)23/h6-11H,5,12-13H2,1-4H3. The van der Waals surface area contributed by atoms with Crippen LogP contribution in [0.1, 0.15) is 18.1 Å². The van der Waals surface area contributed by atoms with Crippen molar-refractivity contribution in [3.05, 3.63) is 57.6 Å². The molecule has 0 saturated carbocycles. The molecule has 7 heteroatoms. The summed E-state index contributed by atoms with van der Waals surface area (Å²) >= 11 is 0. The first-order valence-corrected chi connectivity index (χ1v) is 8.26. The van der Waals surface area contributed by atoms with Gasteiger partial charge in [0, 0.05) is 19.2 Å². The molecule has 2 rings (SSSR count). The van der Waals surface area contributed by atoms with Gasteiger partial charge in [0.05, 0.1) is 26.3 Å². The van der Waals surface area contributed by atoms with Crippen molar-refractivity contribution < 1.29 is 19.1 Å². The summed E-state index contributed by atoms with van der Waals surface area (Å²) < 4.78 is 15.7. The van der Waals surface area contributed by atoms with Gasteiger partial charge in [-0.2, -0.15) is 0 Å². The Balaban J connectivity index is 2.17. The molecular weight excluding hydrogens is 336 g/mol. The summed E-state index contributed by atoms with van der Waals surface area (Å²) in [6.45, 7) is 4.14. The highest BCUT2D eigenvalue weighted by atomic mass is 16.6. The van der Waals surface area contributed by atoms with Crippen LogP contribution in [0.25, 0.3) is 0 Å². The lowest BCUT2D eigenvalue weighted by Gasteiger charge is -2.21. The predicted octanol–water partition coefficient (Wildman–Crippen LogP) is 3.64. The molecule has 2 aromatic rings. The highest BCUT2D eigenvalue weighted by Crippen LogP contribution is 2.30. The second-order valence-corrected chi connectivity index (χ2v) is 5.76. The van der Waals surface area contributed by atoms with Crippen LogP contribution in [-0.2, 0) is 13.1 Å². The monoisotopic (exact) mass is 360 g/mol. The molecule has 0 heterocycles. The van der Waals surface area contributed by atoms with E-state index < -0.39 is 4.92 Å². The molecule has 0 aliphatic rings. The Morgan fingerprint density at radius 3 is 1.92 bits per heavy atom. The molecule has 0 bridgehead atoms. The number of hydrogen-bond donors (Lipinski definition) is 0. The lowest BCUT2D eigenvalue weighted by atomic mass is 10.1. The van der Waals surface area contributed by atoms with Gasteiger partial charge < -0.3 is 14.2 Å². The summed E-state index contributed by atoms with van der Waals surface area (Å²) in [5.74, 6) is 1.63. The fourth-order valence-electron chi connectivity index (χ4n) is 2.75. The van der Waals surface area contributed by atoms with Gasteiger partial charge in [0.25, 0.3) is 0 Å². The third kappa shape index (κ3) is 4.64. The molecule has 0 radical (unpaired) electrons. The van der Waals surface area contributed by atoms with E-state index in [1.165, 1.54) is 7.11 Å². The first-order valence-electron chi connectivity index (χ1n) is 8.26. The second-order valence-electron chi connectivity index (χ2n) is 5.76. The summed E-state index contributed by atoms with van der Waals surface area (Å²) in [5.41, 5.74) is 1.92. The molecule has 0 aromatic heterocycles. The zero-order chi connectivity index (χ0) is 19.1. The molecule has 140 valence electrons. The average molecular weight is 360 g/mol. The van der Waals surface area contributed by atoms with Crippen LogP contribution in [0.5, 0.6) is 17.2 Å². The van der Waals surface area contributed by atoms with Crippen LogP contribution in [0.3, 0.4) is 0 Å². The number of hydrogen-bond acceptors (Lipinski definition) is 6. The normalized spacial score (nSPS) is 10.7. The molecular formula is C19H24N2O5. The van der Waals surface area contributed by atoms with Crippen LogP contribution >= 0.6 is 0 Å². The highest BCUT2D eigenvalue weighted by molar-refractivity contribution is 5.48. The zero-order valence-corrected chi connectivity index (χ0v) is 15.5. The Morgan fingerprint density at radius 2 is 1.42 bits per heavy atom. The molecule has 0 aliphatic carbocycles. The Kier molecular flexibility index (Phi) is 6.80. The minimum absolute atomic E-state index is 0.0211. The Labute approximate surface area is 153 Å². The van der Waals surface area contributed by atoms with Crippen LogP contribution in [0.4, 0.5) is 5.69 Å². The lowest BCUT2D eigenvalue weighted by molar-refractivity contribution is -0.385. The van der Waals surface area contributed by atoms with E-state index in [9.17, 15) is 10.1 Å². The van der Waals surface area contributed by atoms with Crippen molar-refractivity contribution in [2.75, 3.05) is 27.9 Å². The van der Waals surface area contributed by atoms with Crippen LogP contribution in [0, 0.1) is 10.1 Å². The van der Waals surface area contributed by atoms with Gasteiger partial charge in [-0.05, 0) is 35.9 Å². The van der Waals surface area contributed by atoms with E-state index in [4.69, 9.17) is 14.2 Å². The number of benzene rings is 2. The Morgan fingerprint density at radius 1 is 0.885 bits per heavy atom. The molecule has 0 atom stereocenters. The number of nitrogens with zero attached hydrogens (tertiary/aromatic N) is 2. The van der Waals surface area contributed by atoms with Crippen molar-refractivity contribution in [2.24, 2.45) is 0 Å². The first kappa shape index (κ1) is 19.5. The minimum atomic E-state index is -0.424. The fraction of sp³-hybridized carbons (Fsp3) is 0.368. The summed E-state index contributed by atoms with van der Waals surface area (Å²) in [6.07, 6.45) is 0. The summed E-state index contributed by atoms with van der Waals surface area (Å²) in [4.78, 5) is 13.0. The maximum Gasteiger partial charge on any atom is 0.311 e. The molecule has 0 amide bonds. The van der Waals surface area contributed by atoms with Crippen LogP contribution in [0.15, 0.2) is 36.4 Å². The van der Waals surface area contributed by atoms with Crippen LogP contribution in [0.2, 0.25) is 0 Å². The van der Waals surface area contributed by atoms with Gasteiger partial charge in [-0.25, -0.2) is 0 Å². The maximum atomic E-state index is 11.2. The fourth-order valence-corrected chi connectivity index (χ4v) is 2.75. The number of ether oxygens (including phenoxy) is 3. The first-order chi connectivity index (χ1) is 12.5. The highest BCUT2D eigenvalue weighted by Gasteiger charge is 2.16. The predicted molar refractivity (Wildman–Crippen MR) is 99.0 cm³/mol. The molecule has 0 aliphatic heterocycles. The maximum absolute atomic E-state index is 11.2. The third-order valence-corrected chi connectivity index (χ3v) is 4.15. The smallest absolute Gasteiger partial charge is 0.311 e. The second kappa shape index (κ2) is 9.05. The Bertz CT molecular complexity index is 764. The average Bonchev–Trinajstić information content (AvgIpc) is 2.67. The molecule has 7 nitrogen and oxygen atoms in total. The number of nitro groups is 1. The van der Waals surface area contributed by atoms with Gasteiger partial charge >= 0.3 is 5.69 Å². The lowest BCUT2D eigenvalue weighted by Crippen LogP contribution is -2.22. The molecule has 26 heavy (non-hydrogen) atoms. The van der Waals surface area contributed by atoms with Crippen molar-refractivity contribution in [2.45, 2.75) is 20.0 Å². The summed E-state index contributed by atoms with van der Waals surface area (Å²) in [5, 5.41) is 11.2. The largest absolute Gasteiger partial charge is 0.493 e. The summed E-state index contributed by atoms with van der Waals surface area (Å²) in [6, 6.07) is 10.9.